The fourth-order valence-corrected chi connectivity index (χ4v) is 3.89. The third-order valence-electron chi connectivity index (χ3n) is 4.76. The third kappa shape index (κ3) is 3.99. The predicted molar refractivity (Wildman–Crippen MR) is 121 cm³/mol. The highest BCUT2D eigenvalue weighted by Crippen LogP contribution is 2.31. The van der Waals surface area contributed by atoms with Crippen LogP contribution in [0, 0.1) is 6.57 Å². The first-order valence-electron chi connectivity index (χ1n) is 9.29. The number of aromatic nitrogens is 3. The Morgan fingerprint density at radius 2 is 2.03 bits per heavy atom. The van der Waals surface area contributed by atoms with Crippen molar-refractivity contribution in [2.75, 3.05) is 11.9 Å². The summed E-state index contributed by atoms with van der Waals surface area (Å²) in [5.74, 6) is 0.383. The van der Waals surface area contributed by atoms with E-state index in [2.05, 4.69) is 41.0 Å². The topological polar surface area (TPSA) is 98.2 Å². The van der Waals surface area contributed by atoms with E-state index in [1.54, 1.807) is 24.4 Å². The second-order valence-electron chi connectivity index (χ2n) is 6.83. The van der Waals surface area contributed by atoms with Crippen LogP contribution in [0.1, 0.15) is 5.56 Å². The molecule has 0 fully saturated rings. The van der Waals surface area contributed by atoms with Crippen LogP contribution in [-0.2, 0) is 6.42 Å². The van der Waals surface area contributed by atoms with Crippen molar-refractivity contribution in [3.05, 3.63) is 86.5 Å². The molecule has 0 aliphatic carbocycles. The number of aliphatic hydroxyl groups is 1. The van der Waals surface area contributed by atoms with Gasteiger partial charge in [0, 0.05) is 10.7 Å². The van der Waals surface area contributed by atoms with Gasteiger partial charge >= 0.3 is 0 Å². The zero-order valence-corrected chi connectivity index (χ0v) is 17.4. The molecule has 0 saturated heterocycles. The monoisotopic (exact) mass is 463 g/mol. The second-order valence-corrected chi connectivity index (χ2v) is 7.68. The molecule has 2 aromatic heterocycles. The highest BCUT2D eigenvalue weighted by Gasteiger charge is 2.18. The molecule has 7 nitrogen and oxygen atoms in total. The van der Waals surface area contributed by atoms with Crippen molar-refractivity contribution < 1.29 is 5.11 Å². The molecule has 8 heteroatoms. The number of pyridine rings is 1. The number of fused-ring (bicyclic) bond motifs is 1. The fourth-order valence-electron chi connectivity index (χ4n) is 3.36. The van der Waals surface area contributed by atoms with E-state index in [0.717, 1.165) is 5.56 Å². The molecule has 150 valence electrons. The number of hydrogen-bond donors (Lipinski definition) is 4. The molecule has 1 unspecified atom stereocenters. The average molecular weight is 464 g/mol. The first-order valence-corrected chi connectivity index (χ1v) is 10.1. The first-order chi connectivity index (χ1) is 14.6. The Hall–Kier alpha value is -3.41. The quantitative estimate of drug-likeness (QED) is 0.321. The summed E-state index contributed by atoms with van der Waals surface area (Å²) >= 11 is 3.44. The minimum atomic E-state index is -0.308. The maximum atomic E-state index is 12.7. The van der Waals surface area contributed by atoms with Gasteiger partial charge in [-0.2, -0.15) is 0 Å². The number of imidazole rings is 1. The maximum Gasteiger partial charge on any atom is 0.261 e. The molecule has 2 aromatic carbocycles. The lowest BCUT2D eigenvalue weighted by Gasteiger charge is -2.19. The van der Waals surface area contributed by atoms with E-state index in [-0.39, 0.29) is 18.2 Å². The van der Waals surface area contributed by atoms with Gasteiger partial charge < -0.3 is 20.4 Å². The molecule has 0 radical (unpaired) electrons. The molecular weight excluding hydrogens is 446 g/mol. The normalized spacial score (nSPS) is 11.9. The van der Waals surface area contributed by atoms with E-state index >= 15 is 0 Å². The standard InChI is InChI=1S/C22H18BrN5O2/c1-24-14-10-16(23)20-18(11-14)27-21(28-20)19-17(7-8-25-22(19)30)26-15(12-29)9-13-5-3-2-4-6-13/h2-8,10-11,15,29H,9,12H2,(H,27,28)(H2,25,26,30). The van der Waals surface area contributed by atoms with Gasteiger partial charge in [-0.15, -0.1) is 0 Å². The third-order valence-corrected chi connectivity index (χ3v) is 5.36. The Morgan fingerprint density at radius 1 is 1.23 bits per heavy atom. The molecule has 0 aliphatic rings. The van der Waals surface area contributed by atoms with Crippen LogP contribution in [0.15, 0.2) is 64.0 Å². The molecule has 4 rings (SSSR count). The van der Waals surface area contributed by atoms with Gasteiger partial charge in [0.1, 0.15) is 16.9 Å². The molecule has 0 bridgehead atoms. The summed E-state index contributed by atoms with van der Waals surface area (Å²) in [6.07, 6.45) is 2.16. The van der Waals surface area contributed by atoms with Crippen LogP contribution in [0.3, 0.4) is 0 Å². The van der Waals surface area contributed by atoms with Crippen molar-refractivity contribution in [1.82, 2.24) is 15.0 Å². The lowest BCUT2D eigenvalue weighted by Crippen LogP contribution is -2.28. The predicted octanol–water partition coefficient (Wildman–Crippen LogP) is 4.25. The van der Waals surface area contributed by atoms with E-state index in [0.29, 0.717) is 44.7 Å². The van der Waals surface area contributed by atoms with Crippen molar-refractivity contribution in [1.29, 1.82) is 0 Å². The van der Waals surface area contributed by atoms with Gasteiger partial charge in [-0.3, -0.25) is 4.79 Å². The second kappa shape index (κ2) is 8.53. The molecule has 1 atom stereocenters. The molecule has 4 aromatic rings. The first kappa shape index (κ1) is 19.9. The maximum absolute atomic E-state index is 12.7. The van der Waals surface area contributed by atoms with Crippen molar-refractivity contribution in [2.24, 2.45) is 0 Å². The van der Waals surface area contributed by atoms with Crippen LogP contribution in [0.4, 0.5) is 11.4 Å². The minimum Gasteiger partial charge on any atom is -0.394 e. The van der Waals surface area contributed by atoms with E-state index in [4.69, 9.17) is 6.57 Å². The SMILES string of the molecule is [C-]#[N+]c1cc(Br)c2nc(-c3c(NC(CO)Cc4ccccc4)cc[nH]c3=O)[nH]c2c1. The van der Waals surface area contributed by atoms with E-state index in [9.17, 15) is 9.90 Å². The summed E-state index contributed by atoms with van der Waals surface area (Å²) < 4.78 is 0.674. The number of rotatable bonds is 6. The summed E-state index contributed by atoms with van der Waals surface area (Å²) in [6.45, 7) is 7.13. The molecule has 0 saturated carbocycles. The summed E-state index contributed by atoms with van der Waals surface area (Å²) in [5, 5.41) is 13.2. The Morgan fingerprint density at radius 3 is 2.77 bits per heavy atom. The van der Waals surface area contributed by atoms with Crippen LogP contribution in [0.25, 0.3) is 27.3 Å². The van der Waals surface area contributed by atoms with Crippen LogP contribution >= 0.6 is 15.9 Å². The van der Waals surface area contributed by atoms with Crippen molar-refractivity contribution in [3.63, 3.8) is 0 Å². The number of hydrogen-bond acceptors (Lipinski definition) is 4. The number of aliphatic hydroxyl groups excluding tert-OH is 1. The Bertz CT molecular complexity index is 1290. The fraction of sp³-hybridized carbons (Fsp3) is 0.136. The molecule has 30 heavy (non-hydrogen) atoms. The largest absolute Gasteiger partial charge is 0.394 e. The van der Waals surface area contributed by atoms with E-state index in [1.807, 2.05) is 30.3 Å². The number of aromatic amines is 2. The Balaban J connectivity index is 1.73. The highest BCUT2D eigenvalue weighted by atomic mass is 79.9. The molecule has 2 heterocycles. The number of nitrogens with zero attached hydrogens (tertiary/aromatic N) is 2. The van der Waals surface area contributed by atoms with Crippen LogP contribution < -0.4 is 10.9 Å². The molecule has 4 N–H and O–H groups in total. The summed E-state index contributed by atoms with van der Waals surface area (Å²) in [6, 6.07) is 14.7. The van der Waals surface area contributed by atoms with Crippen molar-refractivity contribution >= 4 is 38.3 Å². The number of nitrogens with one attached hydrogen (secondary N) is 3. The number of anilines is 1. The van der Waals surface area contributed by atoms with Crippen molar-refractivity contribution in [3.8, 4) is 11.4 Å². The van der Waals surface area contributed by atoms with Crippen LogP contribution in [0.2, 0.25) is 0 Å². The highest BCUT2D eigenvalue weighted by molar-refractivity contribution is 9.10. The van der Waals surface area contributed by atoms with Gasteiger partial charge in [0.15, 0.2) is 5.69 Å². The lowest BCUT2D eigenvalue weighted by molar-refractivity contribution is 0.274. The molecule has 0 spiro atoms. The van der Waals surface area contributed by atoms with Crippen molar-refractivity contribution in [2.45, 2.75) is 12.5 Å². The van der Waals surface area contributed by atoms with Gasteiger partial charge in [0.25, 0.3) is 5.56 Å². The van der Waals surface area contributed by atoms with E-state index in [1.165, 1.54) is 0 Å². The summed E-state index contributed by atoms with van der Waals surface area (Å²) in [5.41, 5.74) is 3.43. The smallest absolute Gasteiger partial charge is 0.261 e. The minimum absolute atomic E-state index is 0.0961. The Labute approximate surface area is 180 Å². The van der Waals surface area contributed by atoms with Gasteiger partial charge in [-0.05, 0) is 46.1 Å². The average Bonchev–Trinajstić information content (AvgIpc) is 3.18. The van der Waals surface area contributed by atoms with Crippen LogP contribution in [-0.4, -0.2) is 32.7 Å². The van der Waals surface area contributed by atoms with Gasteiger partial charge in [0.05, 0.1) is 30.4 Å². The molecular formula is C22H18BrN5O2. The Kier molecular flexibility index (Phi) is 5.65. The van der Waals surface area contributed by atoms with Gasteiger partial charge in [-0.25, -0.2) is 9.83 Å². The summed E-state index contributed by atoms with van der Waals surface area (Å²) in [4.78, 5) is 26.5. The summed E-state index contributed by atoms with van der Waals surface area (Å²) in [7, 11) is 0. The number of benzene rings is 2. The molecule has 0 aliphatic heterocycles. The zero-order valence-electron chi connectivity index (χ0n) is 15.8. The van der Waals surface area contributed by atoms with E-state index < -0.39 is 0 Å². The van der Waals surface area contributed by atoms with Gasteiger partial charge in [-0.1, -0.05) is 30.3 Å². The lowest BCUT2D eigenvalue weighted by atomic mass is 10.1. The van der Waals surface area contributed by atoms with Crippen LogP contribution in [0.5, 0.6) is 0 Å². The molecule has 0 amide bonds. The zero-order chi connectivity index (χ0) is 21.1. The number of H-pyrrole nitrogens is 2. The number of halogens is 1. The van der Waals surface area contributed by atoms with Gasteiger partial charge in [0.2, 0.25) is 0 Å².